The summed E-state index contributed by atoms with van der Waals surface area (Å²) < 4.78 is 52.1. The molecular weight excluding hydrogens is 450 g/mol. The van der Waals surface area contributed by atoms with Gasteiger partial charge in [-0.2, -0.15) is 0 Å². The highest BCUT2D eigenvalue weighted by Gasteiger charge is 2.27. The van der Waals surface area contributed by atoms with Crippen molar-refractivity contribution in [2.45, 2.75) is 18.4 Å². The van der Waals surface area contributed by atoms with Crippen LogP contribution < -0.4 is 24.2 Å². The number of sulfonamides is 1. The first-order valence-electron chi connectivity index (χ1n) is 9.90. The van der Waals surface area contributed by atoms with Crippen molar-refractivity contribution >= 4 is 38.3 Å². The molecule has 0 atom stereocenters. The predicted octanol–water partition coefficient (Wildman–Crippen LogP) is 3.61. The van der Waals surface area contributed by atoms with E-state index in [1.165, 1.54) is 33.5 Å². The standard InChI is InChI=1S/C21H23N5O6S/c1-5-26-11-19(22-12-26)23-14-10-17-13(9-18(14)31-4)21(24-32-17)25-33(27,28)20-15(29-2)7-6-8-16(20)30-3/h6-12,23H,5H2,1-4H3,(H,24,25). The zero-order valence-corrected chi connectivity index (χ0v) is 19.3. The van der Waals surface area contributed by atoms with E-state index in [4.69, 9.17) is 18.7 Å². The van der Waals surface area contributed by atoms with E-state index in [9.17, 15) is 8.42 Å². The largest absolute Gasteiger partial charge is 0.495 e. The Morgan fingerprint density at radius 1 is 1.06 bits per heavy atom. The number of benzene rings is 2. The third-order valence-electron chi connectivity index (χ3n) is 4.94. The fourth-order valence-electron chi connectivity index (χ4n) is 3.30. The van der Waals surface area contributed by atoms with Crippen molar-refractivity contribution in [2.24, 2.45) is 0 Å². The van der Waals surface area contributed by atoms with E-state index in [-0.39, 0.29) is 22.2 Å². The van der Waals surface area contributed by atoms with E-state index < -0.39 is 10.0 Å². The molecule has 0 fully saturated rings. The molecule has 0 aliphatic rings. The third kappa shape index (κ3) is 4.24. The second kappa shape index (κ2) is 8.90. The van der Waals surface area contributed by atoms with Gasteiger partial charge in [0.05, 0.1) is 38.7 Å². The summed E-state index contributed by atoms with van der Waals surface area (Å²) in [6.07, 6.45) is 3.56. The maximum atomic E-state index is 13.2. The first kappa shape index (κ1) is 22.3. The van der Waals surface area contributed by atoms with Crippen molar-refractivity contribution in [2.75, 3.05) is 31.4 Å². The fourth-order valence-corrected chi connectivity index (χ4v) is 4.64. The number of methoxy groups -OCH3 is 3. The average molecular weight is 474 g/mol. The van der Waals surface area contributed by atoms with E-state index in [1.54, 1.807) is 24.5 Å². The van der Waals surface area contributed by atoms with Crippen molar-refractivity contribution in [1.82, 2.24) is 14.7 Å². The lowest BCUT2D eigenvalue weighted by molar-refractivity contribution is 0.373. The Morgan fingerprint density at radius 2 is 1.76 bits per heavy atom. The van der Waals surface area contributed by atoms with Gasteiger partial charge in [0, 0.05) is 18.8 Å². The molecule has 0 unspecified atom stereocenters. The molecule has 0 spiro atoms. The highest BCUT2D eigenvalue weighted by atomic mass is 32.2. The summed E-state index contributed by atoms with van der Waals surface area (Å²) in [7, 11) is 0.132. The Morgan fingerprint density at radius 3 is 2.36 bits per heavy atom. The van der Waals surface area contributed by atoms with Gasteiger partial charge in [-0.05, 0) is 25.1 Å². The van der Waals surface area contributed by atoms with Gasteiger partial charge < -0.3 is 28.6 Å². The van der Waals surface area contributed by atoms with E-state index in [1.807, 2.05) is 17.7 Å². The normalized spacial score (nSPS) is 11.4. The molecule has 0 aliphatic heterocycles. The van der Waals surface area contributed by atoms with E-state index in [2.05, 4.69) is 20.2 Å². The van der Waals surface area contributed by atoms with Crippen LogP contribution in [0.4, 0.5) is 17.3 Å². The monoisotopic (exact) mass is 473 g/mol. The van der Waals surface area contributed by atoms with Crippen LogP contribution in [-0.2, 0) is 16.6 Å². The number of ether oxygens (including phenoxy) is 3. The smallest absolute Gasteiger partial charge is 0.270 e. The summed E-state index contributed by atoms with van der Waals surface area (Å²) in [5, 5.41) is 7.49. The second-order valence-corrected chi connectivity index (χ2v) is 8.51. The van der Waals surface area contributed by atoms with Crippen molar-refractivity contribution in [3.8, 4) is 17.2 Å². The van der Waals surface area contributed by atoms with Crippen LogP contribution in [0.5, 0.6) is 17.2 Å². The number of fused-ring (bicyclic) bond motifs is 1. The van der Waals surface area contributed by atoms with E-state index >= 15 is 0 Å². The molecule has 33 heavy (non-hydrogen) atoms. The molecule has 11 nitrogen and oxygen atoms in total. The minimum absolute atomic E-state index is 0.00179. The Labute approximate surface area is 190 Å². The molecule has 12 heteroatoms. The number of nitrogens with zero attached hydrogens (tertiary/aromatic N) is 3. The highest BCUT2D eigenvalue weighted by molar-refractivity contribution is 7.93. The van der Waals surface area contributed by atoms with Gasteiger partial charge in [-0.1, -0.05) is 11.2 Å². The number of anilines is 3. The van der Waals surface area contributed by atoms with Crippen molar-refractivity contribution < 1.29 is 27.2 Å². The number of aromatic nitrogens is 3. The molecule has 2 N–H and O–H groups in total. The molecule has 174 valence electrons. The summed E-state index contributed by atoms with van der Waals surface area (Å²) in [4.78, 5) is 4.14. The summed E-state index contributed by atoms with van der Waals surface area (Å²) in [5.41, 5.74) is 0.932. The zero-order valence-electron chi connectivity index (χ0n) is 18.4. The van der Waals surface area contributed by atoms with Crippen LogP contribution in [0.2, 0.25) is 0 Å². The molecule has 2 aromatic carbocycles. The summed E-state index contributed by atoms with van der Waals surface area (Å²) in [6.45, 7) is 2.79. The van der Waals surface area contributed by atoms with Crippen molar-refractivity contribution in [1.29, 1.82) is 0 Å². The second-order valence-electron chi connectivity index (χ2n) is 6.89. The van der Waals surface area contributed by atoms with Gasteiger partial charge in [-0.3, -0.25) is 4.72 Å². The molecule has 0 amide bonds. The quantitative estimate of drug-likeness (QED) is 0.374. The number of rotatable bonds is 9. The molecule has 0 radical (unpaired) electrons. The lowest BCUT2D eigenvalue weighted by Crippen LogP contribution is -2.15. The van der Waals surface area contributed by atoms with Crippen LogP contribution >= 0.6 is 0 Å². The molecule has 0 saturated carbocycles. The number of hydrogen-bond donors (Lipinski definition) is 2. The van der Waals surface area contributed by atoms with Gasteiger partial charge in [0.15, 0.2) is 16.3 Å². The molecule has 0 saturated heterocycles. The van der Waals surface area contributed by atoms with Gasteiger partial charge in [-0.15, -0.1) is 0 Å². The lowest BCUT2D eigenvalue weighted by atomic mass is 10.2. The SMILES string of the molecule is CCn1cnc(Nc2cc3onc(NS(=O)(=O)c4c(OC)cccc4OC)c3cc2OC)c1. The molecule has 4 rings (SSSR count). The van der Waals surface area contributed by atoms with Crippen LogP contribution in [0.1, 0.15) is 6.92 Å². The molecular formula is C21H23N5O6S. The molecule has 2 aromatic heterocycles. The first-order chi connectivity index (χ1) is 15.9. The van der Waals surface area contributed by atoms with Gasteiger partial charge in [0.1, 0.15) is 23.1 Å². The molecule has 2 heterocycles. The Balaban J connectivity index is 1.71. The minimum atomic E-state index is -4.13. The van der Waals surface area contributed by atoms with Crippen LogP contribution in [0, 0.1) is 0 Å². The number of imidazole rings is 1. The number of hydrogen-bond acceptors (Lipinski definition) is 9. The molecule has 4 aromatic rings. The van der Waals surface area contributed by atoms with Crippen LogP contribution in [-0.4, -0.2) is 44.5 Å². The number of nitrogens with one attached hydrogen (secondary N) is 2. The highest BCUT2D eigenvalue weighted by Crippen LogP contribution is 2.38. The average Bonchev–Trinajstić information content (AvgIpc) is 3.44. The van der Waals surface area contributed by atoms with Crippen molar-refractivity contribution in [3.63, 3.8) is 0 Å². The first-order valence-corrected chi connectivity index (χ1v) is 11.4. The predicted molar refractivity (Wildman–Crippen MR) is 122 cm³/mol. The van der Waals surface area contributed by atoms with Crippen LogP contribution in [0.15, 0.2) is 52.3 Å². The van der Waals surface area contributed by atoms with Crippen LogP contribution in [0.3, 0.4) is 0 Å². The maximum Gasteiger partial charge on any atom is 0.270 e. The van der Waals surface area contributed by atoms with Crippen LogP contribution in [0.25, 0.3) is 11.0 Å². The minimum Gasteiger partial charge on any atom is -0.495 e. The summed E-state index contributed by atoms with van der Waals surface area (Å²) in [6, 6.07) is 7.97. The van der Waals surface area contributed by atoms with Crippen molar-refractivity contribution in [3.05, 3.63) is 42.9 Å². The van der Waals surface area contributed by atoms with Gasteiger partial charge >= 0.3 is 0 Å². The Bertz CT molecular complexity index is 1370. The third-order valence-corrected chi connectivity index (χ3v) is 6.34. The summed E-state index contributed by atoms with van der Waals surface area (Å²) in [5.74, 6) is 1.33. The molecule has 0 aliphatic carbocycles. The Hall–Kier alpha value is -3.93. The summed E-state index contributed by atoms with van der Waals surface area (Å²) >= 11 is 0. The maximum absolute atomic E-state index is 13.2. The topological polar surface area (TPSA) is 130 Å². The fraction of sp³-hybridized carbons (Fsp3) is 0.238. The Kier molecular flexibility index (Phi) is 6.01. The van der Waals surface area contributed by atoms with Gasteiger partial charge in [0.25, 0.3) is 10.0 Å². The van der Waals surface area contributed by atoms with Gasteiger partial charge in [-0.25, -0.2) is 13.4 Å². The van der Waals surface area contributed by atoms with E-state index in [0.29, 0.717) is 28.2 Å². The van der Waals surface area contributed by atoms with E-state index in [0.717, 1.165) is 6.54 Å². The number of aryl methyl sites for hydroxylation is 1. The lowest BCUT2D eigenvalue weighted by Gasteiger charge is -2.14. The van der Waals surface area contributed by atoms with Gasteiger partial charge in [0.2, 0.25) is 0 Å². The molecule has 0 bridgehead atoms. The zero-order chi connectivity index (χ0) is 23.6.